The summed E-state index contributed by atoms with van der Waals surface area (Å²) in [4.78, 5) is 16.1. The second kappa shape index (κ2) is 6.49. The van der Waals surface area contributed by atoms with E-state index in [1.54, 1.807) is 12.1 Å². The maximum absolute atomic E-state index is 12.0. The highest BCUT2D eigenvalue weighted by Crippen LogP contribution is 2.18. The van der Waals surface area contributed by atoms with Gasteiger partial charge in [0.1, 0.15) is 5.69 Å². The van der Waals surface area contributed by atoms with Crippen molar-refractivity contribution < 1.29 is 9.53 Å². The molecule has 0 spiro atoms. The lowest BCUT2D eigenvalue weighted by molar-refractivity contribution is 0.0537. The van der Waals surface area contributed by atoms with E-state index in [4.69, 9.17) is 10.6 Å². The number of pyridine rings is 1. The predicted molar refractivity (Wildman–Crippen MR) is 72.5 cm³/mol. The molecular weight excluding hydrogens is 244 g/mol. The van der Waals surface area contributed by atoms with Crippen molar-refractivity contribution in [3.05, 3.63) is 24.0 Å². The number of carbonyl (C=O) groups is 1. The molecule has 2 heterocycles. The van der Waals surface area contributed by atoms with Gasteiger partial charge in [0.25, 0.3) is 5.91 Å². The highest BCUT2D eigenvalue weighted by atomic mass is 16.5. The number of hydrogen-bond acceptors (Lipinski definition) is 5. The van der Waals surface area contributed by atoms with Crippen LogP contribution in [-0.2, 0) is 4.74 Å². The maximum Gasteiger partial charge on any atom is 0.270 e. The molecule has 0 radical (unpaired) electrons. The first-order valence-corrected chi connectivity index (χ1v) is 6.52. The summed E-state index contributed by atoms with van der Waals surface area (Å²) in [5.74, 6) is 5.58. The number of aromatic nitrogens is 1. The minimum atomic E-state index is -0.150. The zero-order valence-electron chi connectivity index (χ0n) is 11.1. The Morgan fingerprint density at radius 1 is 1.47 bits per heavy atom. The van der Waals surface area contributed by atoms with Gasteiger partial charge in [-0.3, -0.25) is 10.6 Å². The van der Waals surface area contributed by atoms with Gasteiger partial charge in [0.2, 0.25) is 0 Å². The minimum Gasteiger partial charge on any atom is -0.381 e. The monoisotopic (exact) mass is 264 g/mol. The van der Waals surface area contributed by atoms with Crippen LogP contribution in [0.3, 0.4) is 0 Å². The van der Waals surface area contributed by atoms with Crippen LogP contribution in [-0.4, -0.2) is 30.1 Å². The van der Waals surface area contributed by atoms with Gasteiger partial charge in [-0.25, -0.2) is 4.98 Å². The van der Waals surface area contributed by atoms with E-state index in [2.05, 4.69) is 15.7 Å². The second-order valence-electron chi connectivity index (χ2n) is 4.79. The van der Waals surface area contributed by atoms with Crippen LogP contribution in [0.15, 0.2) is 18.3 Å². The summed E-state index contributed by atoms with van der Waals surface area (Å²) in [6.45, 7) is 3.59. The van der Waals surface area contributed by atoms with E-state index < -0.39 is 0 Å². The molecule has 1 aliphatic rings. The maximum atomic E-state index is 12.0. The van der Waals surface area contributed by atoms with Crippen molar-refractivity contribution in [3.63, 3.8) is 0 Å². The Bertz CT molecular complexity index is 415. The standard InChI is InChI=1S/C13H20N4O2/c1-9(10-4-6-19-7-5-10)16-13(18)12-3-2-11(17-14)8-15-12/h2-3,8-10,17H,4-7,14H2,1H3,(H,16,18). The van der Waals surface area contributed by atoms with E-state index in [1.165, 1.54) is 6.20 Å². The van der Waals surface area contributed by atoms with Gasteiger partial charge in [0.05, 0.1) is 11.9 Å². The van der Waals surface area contributed by atoms with Crippen LogP contribution >= 0.6 is 0 Å². The van der Waals surface area contributed by atoms with Crippen LogP contribution in [0.1, 0.15) is 30.3 Å². The van der Waals surface area contributed by atoms with Gasteiger partial charge < -0.3 is 15.5 Å². The topological polar surface area (TPSA) is 89.3 Å². The lowest BCUT2D eigenvalue weighted by atomic mass is 9.93. The second-order valence-corrected chi connectivity index (χ2v) is 4.79. The van der Waals surface area contributed by atoms with Gasteiger partial charge in [-0.15, -0.1) is 0 Å². The number of amides is 1. The fourth-order valence-electron chi connectivity index (χ4n) is 2.23. The van der Waals surface area contributed by atoms with E-state index in [0.29, 0.717) is 17.3 Å². The molecule has 0 saturated carbocycles. The van der Waals surface area contributed by atoms with Crippen molar-refractivity contribution >= 4 is 11.6 Å². The average Bonchev–Trinajstić information content (AvgIpc) is 2.48. The lowest BCUT2D eigenvalue weighted by Crippen LogP contribution is -2.40. The predicted octanol–water partition coefficient (Wildman–Crippen LogP) is 0.912. The van der Waals surface area contributed by atoms with Crippen LogP contribution in [0.4, 0.5) is 5.69 Å². The van der Waals surface area contributed by atoms with Crippen LogP contribution in [0.5, 0.6) is 0 Å². The summed E-state index contributed by atoms with van der Waals surface area (Å²) in [6.07, 6.45) is 3.52. The van der Waals surface area contributed by atoms with Crippen LogP contribution in [0, 0.1) is 5.92 Å². The summed E-state index contributed by atoms with van der Waals surface area (Å²) in [6, 6.07) is 3.51. The van der Waals surface area contributed by atoms with Crippen molar-refractivity contribution in [2.24, 2.45) is 11.8 Å². The fourth-order valence-corrected chi connectivity index (χ4v) is 2.23. The van der Waals surface area contributed by atoms with Crippen molar-refractivity contribution in [1.82, 2.24) is 10.3 Å². The lowest BCUT2D eigenvalue weighted by Gasteiger charge is -2.28. The minimum absolute atomic E-state index is 0.130. The number of rotatable bonds is 4. The molecule has 19 heavy (non-hydrogen) atoms. The molecule has 104 valence electrons. The average molecular weight is 264 g/mol. The molecule has 1 fully saturated rings. The van der Waals surface area contributed by atoms with Gasteiger partial charge >= 0.3 is 0 Å². The van der Waals surface area contributed by atoms with E-state index in [-0.39, 0.29) is 11.9 Å². The van der Waals surface area contributed by atoms with E-state index >= 15 is 0 Å². The number of ether oxygens (including phenoxy) is 1. The van der Waals surface area contributed by atoms with Crippen molar-refractivity contribution in [2.45, 2.75) is 25.8 Å². The van der Waals surface area contributed by atoms with Gasteiger partial charge in [0, 0.05) is 19.3 Å². The molecule has 1 amide bonds. The fraction of sp³-hybridized carbons (Fsp3) is 0.538. The first-order chi connectivity index (χ1) is 9.20. The zero-order valence-corrected chi connectivity index (χ0v) is 11.1. The number of nitrogen functional groups attached to an aromatic ring is 1. The molecule has 6 heteroatoms. The Morgan fingerprint density at radius 3 is 2.79 bits per heavy atom. The molecule has 0 aromatic carbocycles. The van der Waals surface area contributed by atoms with Crippen LogP contribution in [0.2, 0.25) is 0 Å². The molecule has 2 rings (SSSR count). The van der Waals surface area contributed by atoms with Gasteiger partial charge in [0.15, 0.2) is 0 Å². The third-order valence-corrected chi connectivity index (χ3v) is 3.49. The SMILES string of the molecule is CC(NC(=O)c1ccc(NN)cn1)C1CCOCC1. The number of nitrogens with one attached hydrogen (secondary N) is 2. The molecule has 1 saturated heterocycles. The summed E-state index contributed by atoms with van der Waals surface area (Å²) in [5.41, 5.74) is 3.55. The summed E-state index contributed by atoms with van der Waals surface area (Å²) < 4.78 is 5.32. The molecular formula is C13H20N4O2. The van der Waals surface area contributed by atoms with E-state index in [9.17, 15) is 4.79 Å². The molecule has 6 nitrogen and oxygen atoms in total. The molecule has 0 aliphatic carbocycles. The van der Waals surface area contributed by atoms with Crippen LogP contribution in [0.25, 0.3) is 0 Å². The largest absolute Gasteiger partial charge is 0.381 e. The van der Waals surface area contributed by atoms with Crippen molar-refractivity contribution in [3.8, 4) is 0 Å². The number of hydrazine groups is 1. The Hall–Kier alpha value is -1.66. The molecule has 1 aromatic heterocycles. The van der Waals surface area contributed by atoms with Crippen LogP contribution < -0.4 is 16.6 Å². The van der Waals surface area contributed by atoms with E-state index in [0.717, 1.165) is 26.1 Å². The Balaban J connectivity index is 1.91. The van der Waals surface area contributed by atoms with Crippen molar-refractivity contribution in [1.29, 1.82) is 0 Å². The Kier molecular flexibility index (Phi) is 4.70. The number of anilines is 1. The quantitative estimate of drug-likeness (QED) is 0.555. The molecule has 1 aliphatic heterocycles. The normalized spacial score (nSPS) is 17.8. The van der Waals surface area contributed by atoms with E-state index in [1.807, 2.05) is 6.92 Å². The molecule has 1 unspecified atom stereocenters. The first-order valence-electron chi connectivity index (χ1n) is 6.52. The number of carbonyl (C=O) groups excluding carboxylic acids is 1. The summed E-state index contributed by atoms with van der Waals surface area (Å²) in [7, 11) is 0. The van der Waals surface area contributed by atoms with Gasteiger partial charge in [-0.2, -0.15) is 0 Å². The smallest absolute Gasteiger partial charge is 0.270 e. The van der Waals surface area contributed by atoms with Gasteiger partial charge in [-0.1, -0.05) is 0 Å². The Labute approximate surface area is 112 Å². The number of nitrogens with zero attached hydrogens (tertiary/aromatic N) is 1. The summed E-state index contributed by atoms with van der Waals surface area (Å²) in [5, 5.41) is 2.99. The molecule has 4 N–H and O–H groups in total. The van der Waals surface area contributed by atoms with Crippen molar-refractivity contribution in [2.75, 3.05) is 18.6 Å². The number of hydrogen-bond donors (Lipinski definition) is 3. The highest BCUT2D eigenvalue weighted by Gasteiger charge is 2.22. The molecule has 0 bridgehead atoms. The molecule has 1 aromatic rings. The zero-order chi connectivity index (χ0) is 13.7. The molecule has 1 atom stereocenters. The third kappa shape index (κ3) is 3.65. The first kappa shape index (κ1) is 13.8. The Morgan fingerprint density at radius 2 is 2.21 bits per heavy atom. The third-order valence-electron chi connectivity index (χ3n) is 3.49. The summed E-state index contributed by atoms with van der Waals surface area (Å²) >= 11 is 0. The highest BCUT2D eigenvalue weighted by molar-refractivity contribution is 5.92. The number of nitrogens with two attached hydrogens (primary N) is 1. The van der Waals surface area contributed by atoms with Gasteiger partial charge in [-0.05, 0) is 37.8 Å².